The molecule has 56 heavy (non-hydrogen) atoms. The second-order valence-corrected chi connectivity index (χ2v) is 14.3. The standard InChI is InChI=1S/C52H33N3O/c1-4-16-34(17-5-1)49-53-50(35-18-6-2-7-19-35)55-51(54-49)44-25-11-10-22-39(44)36-28-30-42-43-31-29-38(33-48(43)56-47(42)32-36)52(37-20-8-3-9-21-37)45-26-14-12-23-40(45)41-24-13-15-27-46(41)52/h1-33H. The predicted octanol–water partition coefficient (Wildman–Crippen LogP) is 12.8. The van der Waals surface area contributed by atoms with Crippen molar-refractivity contribution in [3.8, 4) is 56.4 Å². The number of rotatable bonds is 6. The van der Waals surface area contributed by atoms with E-state index in [-0.39, 0.29) is 0 Å². The predicted molar refractivity (Wildman–Crippen MR) is 226 cm³/mol. The van der Waals surface area contributed by atoms with E-state index in [2.05, 4.69) is 133 Å². The highest BCUT2D eigenvalue weighted by molar-refractivity contribution is 6.07. The van der Waals surface area contributed by atoms with Crippen LogP contribution in [0.25, 0.3) is 78.4 Å². The average molecular weight is 716 g/mol. The molecule has 10 aromatic rings. The number of nitrogens with zero attached hydrogens (tertiary/aromatic N) is 3. The van der Waals surface area contributed by atoms with Crippen LogP contribution in [0, 0.1) is 0 Å². The molecule has 0 aliphatic heterocycles. The summed E-state index contributed by atoms with van der Waals surface area (Å²) in [6.45, 7) is 0. The van der Waals surface area contributed by atoms with E-state index in [1.54, 1.807) is 0 Å². The maximum Gasteiger partial charge on any atom is 0.164 e. The Hall–Kier alpha value is -7.43. The van der Waals surface area contributed by atoms with Crippen LogP contribution in [-0.4, -0.2) is 15.0 Å². The minimum Gasteiger partial charge on any atom is -0.456 e. The van der Waals surface area contributed by atoms with Gasteiger partial charge in [0.2, 0.25) is 0 Å². The maximum atomic E-state index is 6.83. The lowest BCUT2D eigenvalue weighted by molar-refractivity contribution is 0.666. The molecule has 4 nitrogen and oxygen atoms in total. The number of benzene rings is 8. The van der Waals surface area contributed by atoms with Crippen LogP contribution in [0.15, 0.2) is 205 Å². The van der Waals surface area contributed by atoms with Crippen molar-refractivity contribution in [3.05, 3.63) is 222 Å². The maximum absolute atomic E-state index is 6.83. The molecule has 4 heteroatoms. The first-order valence-electron chi connectivity index (χ1n) is 18.9. The molecule has 0 unspecified atom stereocenters. The summed E-state index contributed by atoms with van der Waals surface area (Å²) in [4.78, 5) is 15.0. The van der Waals surface area contributed by atoms with Crippen LogP contribution in [0.4, 0.5) is 0 Å². The molecule has 0 bridgehead atoms. The van der Waals surface area contributed by atoms with Crippen LogP contribution in [0.2, 0.25) is 0 Å². The van der Waals surface area contributed by atoms with Gasteiger partial charge in [-0.3, -0.25) is 0 Å². The monoisotopic (exact) mass is 715 g/mol. The first-order valence-corrected chi connectivity index (χ1v) is 18.9. The minimum absolute atomic E-state index is 0.493. The van der Waals surface area contributed by atoms with E-state index in [0.29, 0.717) is 17.5 Å². The minimum atomic E-state index is -0.493. The fraction of sp³-hybridized carbons (Fsp3) is 0.0192. The molecule has 0 radical (unpaired) electrons. The van der Waals surface area contributed by atoms with Crippen LogP contribution in [-0.2, 0) is 5.41 Å². The Balaban J connectivity index is 1.06. The molecule has 11 rings (SSSR count). The second kappa shape index (κ2) is 12.9. The molecule has 0 spiro atoms. The van der Waals surface area contributed by atoms with Crippen molar-refractivity contribution in [2.24, 2.45) is 0 Å². The van der Waals surface area contributed by atoms with Gasteiger partial charge in [-0.1, -0.05) is 182 Å². The lowest BCUT2D eigenvalue weighted by Gasteiger charge is -2.33. The lowest BCUT2D eigenvalue weighted by atomic mass is 9.67. The molecule has 0 saturated carbocycles. The fourth-order valence-corrected chi connectivity index (χ4v) is 8.75. The normalized spacial score (nSPS) is 12.8. The highest BCUT2D eigenvalue weighted by Crippen LogP contribution is 2.56. The van der Waals surface area contributed by atoms with Crippen molar-refractivity contribution in [2.45, 2.75) is 5.41 Å². The summed E-state index contributed by atoms with van der Waals surface area (Å²) in [7, 11) is 0. The summed E-state index contributed by atoms with van der Waals surface area (Å²) >= 11 is 0. The Morgan fingerprint density at radius 3 is 1.39 bits per heavy atom. The number of furan rings is 1. The van der Waals surface area contributed by atoms with Gasteiger partial charge in [-0.05, 0) is 62.7 Å². The zero-order chi connectivity index (χ0) is 37.1. The van der Waals surface area contributed by atoms with Gasteiger partial charge >= 0.3 is 0 Å². The highest BCUT2D eigenvalue weighted by Gasteiger charge is 2.46. The van der Waals surface area contributed by atoms with E-state index in [1.807, 2.05) is 66.7 Å². The Labute approximate surface area is 324 Å². The van der Waals surface area contributed by atoms with Gasteiger partial charge in [-0.15, -0.1) is 0 Å². The molecule has 2 aromatic heterocycles. The van der Waals surface area contributed by atoms with Gasteiger partial charge in [-0.25, -0.2) is 15.0 Å². The van der Waals surface area contributed by atoms with Crippen LogP contribution >= 0.6 is 0 Å². The third-order valence-corrected chi connectivity index (χ3v) is 11.2. The van der Waals surface area contributed by atoms with Crippen molar-refractivity contribution in [1.29, 1.82) is 0 Å². The van der Waals surface area contributed by atoms with E-state index in [1.165, 1.54) is 33.4 Å². The molecule has 1 aliphatic rings. The summed E-state index contributed by atoms with van der Waals surface area (Å²) in [5, 5.41) is 2.16. The quantitative estimate of drug-likeness (QED) is 0.172. The van der Waals surface area contributed by atoms with Gasteiger partial charge in [0.15, 0.2) is 17.5 Å². The van der Waals surface area contributed by atoms with E-state index >= 15 is 0 Å². The molecule has 262 valence electrons. The Morgan fingerprint density at radius 2 is 0.786 bits per heavy atom. The van der Waals surface area contributed by atoms with Gasteiger partial charge in [0.1, 0.15) is 11.2 Å². The van der Waals surface area contributed by atoms with Crippen LogP contribution < -0.4 is 0 Å². The van der Waals surface area contributed by atoms with Crippen molar-refractivity contribution < 1.29 is 4.42 Å². The average Bonchev–Trinajstić information content (AvgIpc) is 3.80. The topological polar surface area (TPSA) is 51.8 Å². The third kappa shape index (κ3) is 4.96. The summed E-state index contributed by atoms with van der Waals surface area (Å²) in [5.41, 5.74) is 13.5. The molecular formula is C52H33N3O. The van der Waals surface area contributed by atoms with Crippen LogP contribution in [0.3, 0.4) is 0 Å². The Kier molecular flexibility index (Phi) is 7.36. The molecule has 0 saturated heterocycles. The Morgan fingerprint density at radius 1 is 0.321 bits per heavy atom. The van der Waals surface area contributed by atoms with E-state index in [4.69, 9.17) is 19.4 Å². The van der Waals surface area contributed by atoms with Crippen molar-refractivity contribution in [2.75, 3.05) is 0 Å². The van der Waals surface area contributed by atoms with Crippen molar-refractivity contribution in [1.82, 2.24) is 15.0 Å². The molecule has 0 fully saturated rings. The fourth-order valence-electron chi connectivity index (χ4n) is 8.75. The molecule has 8 aromatic carbocycles. The highest BCUT2D eigenvalue weighted by atomic mass is 16.3. The molecule has 0 amide bonds. The largest absolute Gasteiger partial charge is 0.456 e. The van der Waals surface area contributed by atoms with Crippen LogP contribution in [0.5, 0.6) is 0 Å². The Bertz CT molecular complexity index is 2980. The zero-order valence-corrected chi connectivity index (χ0v) is 30.3. The number of hydrogen-bond donors (Lipinski definition) is 0. The molecule has 0 atom stereocenters. The van der Waals surface area contributed by atoms with Gasteiger partial charge in [0.25, 0.3) is 0 Å². The van der Waals surface area contributed by atoms with Crippen molar-refractivity contribution >= 4 is 21.9 Å². The number of fused-ring (bicyclic) bond motifs is 6. The van der Waals surface area contributed by atoms with E-state index in [0.717, 1.165) is 49.8 Å². The van der Waals surface area contributed by atoms with Gasteiger partial charge in [0, 0.05) is 27.5 Å². The zero-order valence-electron chi connectivity index (χ0n) is 30.3. The molecular weight excluding hydrogens is 683 g/mol. The first-order chi connectivity index (χ1) is 27.8. The third-order valence-electron chi connectivity index (χ3n) is 11.2. The lowest BCUT2D eigenvalue weighted by Crippen LogP contribution is -2.28. The first kappa shape index (κ1) is 32.0. The van der Waals surface area contributed by atoms with Gasteiger partial charge < -0.3 is 4.42 Å². The van der Waals surface area contributed by atoms with Crippen molar-refractivity contribution in [3.63, 3.8) is 0 Å². The molecule has 0 N–H and O–H groups in total. The molecule has 2 heterocycles. The second-order valence-electron chi connectivity index (χ2n) is 14.3. The summed E-state index contributed by atoms with van der Waals surface area (Å²) in [5.74, 6) is 1.88. The molecule has 1 aliphatic carbocycles. The SMILES string of the molecule is c1ccc(-c2nc(-c3ccccc3)nc(-c3ccccc3-c3ccc4c(c3)oc3cc(C5(c6ccccc6)c6ccccc6-c6ccccc65)ccc34)n2)cc1. The van der Waals surface area contributed by atoms with Gasteiger partial charge in [0.05, 0.1) is 5.41 Å². The van der Waals surface area contributed by atoms with Gasteiger partial charge in [-0.2, -0.15) is 0 Å². The smallest absolute Gasteiger partial charge is 0.164 e. The van der Waals surface area contributed by atoms with E-state index < -0.39 is 5.41 Å². The summed E-state index contributed by atoms with van der Waals surface area (Å²) in [6, 6.07) is 70.3. The summed E-state index contributed by atoms with van der Waals surface area (Å²) < 4.78 is 6.83. The summed E-state index contributed by atoms with van der Waals surface area (Å²) in [6.07, 6.45) is 0. The van der Waals surface area contributed by atoms with E-state index in [9.17, 15) is 0 Å². The number of aromatic nitrogens is 3. The number of hydrogen-bond acceptors (Lipinski definition) is 4. The van der Waals surface area contributed by atoms with Crippen LogP contribution in [0.1, 0.15) is 22.3 Å².